The lowest BCUT2D eigenvalue weighted by molar-refractivity contribution is -0.136. The number of hydrogen-bond acceptors (Lipinski definition) is 6. The molecule has 1 saturated heterocycles. The SMILES string of the molecule is CCC(=O)O.O=C1CCNC2=CC=C(NS(=O)(=O)c3ccc(Cl)cc3)C3=CC=NC123. The molecule has 0 aromatic heterocycles. The Morgan fingerprint density at radius 1 is 1.27 bits per heavy atom. The molecule has 1 aromatic carbocycles. The Labute approximate surface area is 179 Å². The topological polar surface area (TPSA) is 125 Å². The normalized spacial score (nSPS) is 21.7. The Morgan fingerprint density at radius 3 is 2.57 bits per heavy atom. The van der Waals surface area contributed by atoms with E-state index in [0.29, 0.717) is 35.0 Å². The molecule has 0 radical (unpaired) electrons. The predicted molar refractivity (Wildman–Crippen MR) is 113 cm³/mol. The minimum absolute atomic E-state index is 0.0474. The van der Waals surface area contributed by atoms with Crippen molar-refractivity contribution in [2.24, 2.45) is 4.99 Å². The number of ketones is 1. The van der Waals surface area contributed by atoms with E-state index in [1.807, 2.05) is 0 Å². The molecule has 1 aliphatic carbocycles. The van der Waals surface area contributed by atoms with Crippen LogP contribution in [-0.4, -0.2) is 43.6 Å². The number of nitrogens with zero attached hydrogens (tertiary/aromatic N) is 1. The van der Waals surface area contributed by atoms with Crippen molar-refractivity contribution in [3.63, 3.8) is 0 Å². The quantitative estimate of drug-likeness (QED) is 0.647. The van der Waals surface area contributed by atoms with E-state index in [0.717, 1.165) is 0 Å². The second kappa shape index (κ2) is 8.45. The minimum Gasteiger partial charge on any atom is -0.481 e. The second-order valence-corrected chi connectivity index (χ2v) is 8.76. The number of aliphatic carboxylic acids is 1. The molecule has 0 amide bonds. The number of sulfonamides is 1. The highest BCUT2D eigenvalue weighted by molar-refractivity contribution is 7.89. The van der Waals surface area contributed by atoms with Crippen LogP contribution >= 0.6 is 11.6 Å². The minimum atomic E-state index is -3.81. The standard InChI is InChI=1S/C17H14ClN3O3S.C3H6O2/c18-11-1-3-12(4-2-11)25(23,24)21-14-5-6-15-17(13(14)7-10-20-17)16(22)8-9-19-15;1-2-3(4)5/h1-7,10,19,21H,8-9H2;2H2,1H3,(H,4,5). The number of carbonyl (C=O) groups is 2. The second-order valence-electron chi connectivity index (χ2n) is 6.64. The van der Waals surface area contributed by atoms with Gasteiger partial charge in [0, 0.05) is 36.2 Å². The van der Waals surface area contributed by atoms with E-state index in [1.165, 1.54) is 24.3 Å². The summed E-state index contributed by atoms with van der Waals surface area (Å²) in [5, 5.41) is 11.4. The van der Waals surface area contributed by atoms with Gasteiger partial charge in [-0.25, -0.2) is 8.42 Å². The molecule has 3 aliphatic rings. The molecule has 10 heteroatoms. The molecule has 30 heavy (non-hydrogen) atoms. The summed E-state index contributed by atoms with van der Waals surface area (Å²) in [6, 6.07) is 5.88. The van der Waals surface area contributed by atoms with Crippen molar-refractivity contribution in [2.75, 3.05) is 6.54 Å². The molecular weight excluding hydrogens is 430 g/mol. The number of halogens is 1. The molecule has 0 bridgehead atoms. The fraction of sp³-hybridized carbons (Fsp3) is 0.250. The number of piperidine rings is 1. The van der Waals surface area contributed by atoms with Gasteiger partial charge in [-0.05, 0) is 42.5 Å². The van der Waals surface area contributed by atoms with Gasteiger partial charge in [0.05, 0.1) is 16.3 Å². The van der Waals surface area contributed by atoms with Crippen molar-refractivity contribution in [3.05, 3.63) is 64.5 Å². The van der Waals surface area contributed by atoms with Gasteiger partial charge in [-0.2, -0.15) is 0 Å². The highest BCUT2D eigenvalue weighted by Gasteiger charge is 2.51. The summed E-state index contributed by atoms with van der Waals surface area (Å²) in [7, 11) is -3.81. The molecule has 1 fully saturated rings. The first kappa shape index (κ1) is 21.8. The molecule has 0 saturated carbocycles. The van der Waals surface area contributed by atoms with Gasteiger partial charge in [-0.15, -0.1) is 0 Å². The van der Waals surface area contributed by atoms with Crippen molar-refractivity contribution in [3.8, 4) is 0 Å². The maximum absolute atomic E-state index is 12.7. The van der Waals surface area contributed by atoms with Gasteiger partial charge in [0.1, 0.15) is 0 Å². The summed E-state index contributed by atoms with van der Waals surface area (Å²) in [6.07, 6.45) is 7.13. The van der Waals surface area contributed by atoms with Gasteiger partial charge < -0.3 is 10.4 Å². The number of carbonyl (C=O) groups excluding carboxylic acids is 1. The van der Waals surface area contributed by atoms with Crippen LogP contribution in [0.5, 0.6) is 0 Å². The van der Waals surface area contributed by atoms with Crippen LogP contribution in [-0.2, 0) is 19.6 Å². The summed E-state index contributed by atoms with van der Waals surface area (Å²) in [4.78, 5) is 26.4. The number of Topliss-reactive ketones (excluding diaryl/α,β-unsaturated/α-hetero) is 1. The van der Waals surface area contributed by atoms with Crippen LogP contribution in [0.15, 0.2) is 69.3 Å². The highest BCUT2D eigenvalue weighted by Crippen LogP contribution is 2.42. The van der Waals surface area contributed by atoms with Crippen LogP contribution in [0.2, 0.25) is 5.02 Å². The van der Waals surface area contributed by atoms with E-state index >= 15 is 0 Å². The molecule has 158 valence electrons. The molecule has 2 aliphatic heterocycles. The number of benzene rings is 1. The first-order valence-electron chi connectivity index (χ1n) is 9.17. The third-order valence-corrected chi connectivity index (χ3v) is 6.37. The van der Waals surface area contributed by atoms with Crippen molar-refractivity contribution >= 4 is 39.6 Å². The third-order valence-electron chi connectivity index (χ3n) is 4.74. The summed E-state index contributed by atoms with van der Waals surface area (Å²) >= 11 is 5.81. The Balaban J connectivity index is 0.000000461. The Hall–Kier alpha value is -2.91. The van der Waals surface area contributed by atoms with Gasteiger partial charge in [0.25, 0.3) is 10.0 Å². The number of aliphatic imine (C=N–C) groups is 1. The number of carboxylic acid groups (broad SMARTS) is 1. The predicted octanol–water partition coefficient (Wildman–Crippen LogP) is 2.19. The number of allylic oxidation sites excluding steroid dienone is 3. The largest absolute Gasteiger partial charge is 0.481 e. The number of rotatable bonds is 4. The van der Waals surface area contributed by atoms with Crippen molar-refractivity contribution in [1.82, 2.24) is 10.0 Å². The van der Waals surface area contributed by atoms with Crippen molar-refractivity contribution < 1.29 is 23.1 Å². The Kier molecular flexibility index (Phi) is 6.14. The molecule has 3 N–H and O–H groups in total. The van der Waals surface area contributed by atoms with Crippen LogP contribution in [0.3, 0.4) is 0 Å². The summed E-state index contributed by atoms with van der Waals surface area (Å²) in [5.41, 5.74) is 0.413. The average molecular weight is 450 g/mol. The van der Waals surface area contributed by atoms with Crippen LogP contribution in [0.4, 0.5) is 0 Å². The molecular formula is C20H20ClN3O5S. The van der Waals surface area contributed by atoms with E-state index in [4.69, 9.17) is 16.7 Å². The smallest absolute Gasteiger partial charge is 0.303 e. The number of carboxylic acids is 1. The maximum Gasteiger partial charge on any atom is 0.303 e. The third kappa shape index (κ3) is 4.03. The van der Waals surface area contributed by atoms with Crippen LogP contribution in [0, 0.1) is 0 Å². The lowest BCUT2D eigenvalue weighted by Crippen LogP contribution is -2.52. The van der Waals surface area contributed by atoms with E-state index in [1.54, 1.807) is 31.4 Å². The lowest BCUT2D eigenvalue weighted by Gasteiger charge is -2.38. The molecule has 1 unspecified atom stereocenters. The van der Waals surface area contributed by atoms with Crippen LogP contribution in [0.25, 0.3) is 0 Å². The van der Waals surface area contributed by atoms with Crippen molar-refractivity contribution in [2.45, 2.75) is 30.2 Å². The average Bonchev–Trinajstić information content (AvgIpc) is 3.16. The summed E-state index contributed by atoms with van der Waals surface area (Å²) in [6.45, 7) is 2.15. The molecule has 4 rings (SSSR count). The zero-order chi connectivity index (χ0) is 21.9. The molecule has 1 aromatic rings. The zero-order valence-electron chi connectivity index (χ0n) is 16.1. The Morgan fingerprint density at radius 2 is 1.93 bits per heavy atom. The van der Waals surface area contributed by atoms with Gasteiger partial charge >= 0.3 is 5.97 Å². The zero-order valence-corrected chi connectivity index (χ0v) is 17.6. The van der Waals surface area contributed by atoms with Gasteiger partial charge in [0.15, 0.2) is 11.3 Å². The van der Waals surface area contributed by atoms with E-state index < -0.39 is 21.5 Å². The fourth-order valence-electron chi connectivity index (χ4n) is 3.25. The van der Waals surface area contributed by atoms with Crippen molar-refractivity contribution in [1.29, 1.82) is 0 Å². The molecule has 1 atom stereocenters. The fourth-order valence-corrected chi connectivity index (χ4v) is 4.45. The van der Waals surface area contributed by atoms with E-state index in [2.05, 4.69) is 15.0 Å². The number of nitrogens with one attached hydrogen (secondary N) is 2. The first-order chi connectivity index (χ1) is 14.2. The van der Waals surface area contributed by atoms with Gasteiger partial charge in [0.2, 0.25) is 0 Å². The maximum atomic E-state index is 12.7. The summed E-state index contributed by atoms with van der Waals surface area (Å²) < 4.78 is 27.9. The highest BCUT2D eigenvalue weighted by atomic mass is 35.5. The molecule has 8 nitrogen and oxygen atoms in total. The lowest BCUT2D eigenvalue weighted by atomic mass is 9.76. The van der Waals surface area contributed by atoms with Gasteiger partial charge in [-0.1, -0.05) is 18.5 Å². The molecule has 1 spiro atoms. The van der Waals surface area contributed by atoms with Crippen LogP contribution < -0.4 is 10.0 Å². The van der Waals surface area contributed by atoms with E-state index in [9.17, 15) is 18.0 Å². The first-order valence-corrected chi connectivity index (χ1v) is 11.0. The number of hydrogen-bond donors (Lipinski definition) is 3. The summed E-state index contributed by atoms with van der Waals surface area (Å²) in [5.74, 6) is -0.793. The van der Waals surface area contributed by atoms with Crippen LogP contribution in [0.1, 0.15) is 19.8 Å². The van der Waals surface area contributed by atoms with E-state index in [-0.39, 0.29) is 17.1 Å². The Bertz CT molecular complexity index is 1100. The monoisotopic (exact) mass is 449 g/mol. The van der Waals surface area contributed by atoms with Gasteiger partial charge in [-0.3, -0.25) is 19.3 Å². The molecule has 2 heterocycles.